The van der Waals surface area contributed by atoms with Gasteiger partial charge in [-0.1, -0.05) is 24.3 Å². The highest BCUT2D eigenvalue weighted by Crippen LogP contribution is 2.41. The molecule has 5 aromatic carbocycles. The summed E-state index contributed by atoms with van der Waals surface area (Å²) in [6.07, 6.45) is 3.79. The average Bonchev–Trinajstić information content (AvgIpc) is 3.19. The Labute approximate surface area is 326 Å². The van der Waals surface area contributed by atoms with Crippen LogP contribution in [0.15, 0.2) is 151 Å². The number of carbonyl (C=O) groups is 2. The number of nitrogens with two attached hydrogens (primary N) is 2. The summed E-state index contributed by atoms with van der Waals surface area (Å²) in [4.78, 5) is 22.5. The van der Waals surface area contributed by atoms with Gasteiger partial charge in [-0.15, -0.1) is 10.2 Å². The number of ether oxygens (including phenoxy) is 1. The third-order valence-electron chi connectivity index (χ3n) is 8.38. The van der Waals surface area contributed by atoms with E-state index in [1.807, 2.05) is 31.2 Å². The van der Waals surface area contributed by atoms with Crippen molar-refractivity contribution in [2.24, 2.45) is 25.6 Å². The van der Waals surface area contributed by atoms with Crippen molar-refractivity contribution in [1.82, 2.24) is 0 Å². The second-order valence-electron chi connectivity index (χ2n) is 12.4. The number of nitrogens with one attached hydrogen (secondary N) is 2. The molecule has 0 radical (unpaired) electrons. The van der Waals surface area contributed by atoms with Crippen LogP contribution in [0.4, 0.5) is 51.2 Å². The molecule has 1 aliphatic rings. The Hall–Kier alpha value is -7.50. The standard InChI is InChI=1S/C40H35N9O7S/c1-3-56-31-16-12-26(13-17-31)43-33-18-14-30(22-36(33)57(53,54)55)47-49-39-37(41)23(2)20-34(38(39)42)48-45-28-10-6-25(7-11-28)24-4-8-27(9-5-24)44-46-29-15-19-35(50)32(21-29)40(51)52/h4-22,43-44H,3,41-42H2,1-2H3,(H,51,52)(H,53,54,55)/b46-29-,48-45?,49-47?. The van der Waals surface area contributed by atoms with Gasteiger partial charge >= 0.3 is 5.97 Å². The molecule has 0 saturated heterocycles. The molecule has 0 unspecified atom stereocenters. The number of carboxylic acid groups (broad SMARTS) is 1. The van der Waals surface area contributed by atoms with Gasteiger partial charge in [0.15, 0.2) is 5.78 Å². The van der Waals surface area contributed by atoms with E-state index in [1.165, 1.54) is 30.4 Å². The zero-order chi connectivity index (χ0) is 40.7. The van der Waals surface area contributed by atoms with E-state index in [9.17, 15) is 22.6 Å². The zero-order valence-corrected chi connectivity index (χ0v) is 31.2. The van der Waals surface area contributed by atoms with Gasteiger partial charge in [0.2, 0.25) is 0 Å². The largest absolute Gasteiger partial charge is 0.494 e. The molecule has 0 amide bonds. The van der Waals surface area contributed by atoms with Crippen molar-refractivity contribution in [3.63, 3.8) is 0 Å². The third-order valence-corrected chi connectivity index (χ3v) is 9.28. The summed E-state index contributed by atoms with van der Waals surface area (Å²) in [5.41, 5.74) is 20.6. The minimum absolute atomic E-state index is 0.0937. The highest BCUT2D eigenvalue weighted by Gasteiger charge is 2.20. The minimum Gasteiger partial charge on any atom is -0.494 e. The molecule has 57 heavy (non-hydrogen) atoms. The van der Waals surface area contributed by atoms with Crippen LogP contribution in [0.25, 0.3) is 11.1 Å². The maximum atomic E-state index is 12.3. The average molecular weight is 786 g/mol. The Kier molecular flexibility index (Phi) is 11.6. The fourth-order valence-corrected chi connectivity index (χ4v) is 6.08. The molecule has 0 spiro atoms. The highest BCUT2D eigenvalue weighted by molar-refractivity contribution is 7.86. The molecule has 0 bridgehead atoms. The molecule has 0 aromatic heterocycles. The minimum atomic E-state index is -4.67. The number of anilines is 5. The molecular formula is C40H35N9O7S. The number of hydrazone groups is 1. The number of aryl methyl sites for hydroxylation is 1. The molecule has 0 atom stereocenters. The Morgan fingerprint density at radius 2 is 1.42 bits per heavy atom. The first-order chi connectivity index (χ1) is 27.3. The van der Waals surface area contributed by atoms with Crippen LogP contribution in [0.1, 0.15) is 12.5 Å². The van der Waals surface area contributed by atoms with Crippen molar-refractivity contribution in [3.8, 4) is 16.9 Å². The number of nitrogen functional groups attached to an aromatic ring is 2. The van der Waals surface area contributed by atoms with E-state index < -0.39 is 26.8 Å². The number of azo groups is 2. The number of carbonyl (C=O) groups excluding carboxylic acids is 1. The van der Waals surface area contributed by atoms with Crippen molar-refractivity contribution in [2.45, 2.75) is 18.7 Å². The Morgan fingerprint density at radius 3 is 2.07 bits per heavy atom. The van der Waals surface area contributed by atoms with Crippen LogP contribution in [-0.2, 0) is 19.7 Å². The number of rotatable bonds is 13. The Balaban J connectivity index is 1.15. The topological polar surface area (TPSA) is 256 Å². The van der Waals surface area contributed by atoms with E-state index in [-0.39, 0.29) is 39.7 Å². The van der Waals surface area contributed by atoms with Gasteiger partial charge in [0, 0.05) is 5.69 Å². The molecule has 17 heteroatoms. The number of aliphatic carboxylic acids is 1. The number of hydrogen-bond donors (Lipinski definition) is 6. The second kappa shape index (κ2) is 16.9. The molecule has 1 aliphatic carbocycles. The molecule has 6 rings (SSSR count). The summed E-state index contributed by atoms with van der Waals surface area (Å²) in [5.74, 6) is -1.26. The Morgan fingerprint density at radius 1 is 0.789 bits per heavy atom. The normalized spacial score (nSPS) is 13.6. The van der Waals surface area contributed by atoms with Crippen molar-refractivity contribution >= 4 is 78.8 Å². The third kappa shape index (κ3) is 9.60. The molecule has 0 saturated carbocycles. The first kappa shape index (κ1) is 39.2. The van der Waals surface area contributed by atoms with Crippen molar-refractivity contribution in [3.05, 3.63) is 126 Å². The number of hydrogen-bond acceptors (Lipinski definition) is 14. The monoisotopic (exact) mass is 785 g/mol. The lowest BCUT2D eigenvalue weighted by molar-refractivity contribution is -0.134. The molecule has 5 aromatic rings. The van der Waals surface area contributed by atoms with E-state index >= 15 is 0 Å². The number of nitrogens with zero attached hydrogens (tertiary/aromatic N) is 5. The van der Waals surface area contributed by atoms with Crippen LogP contribution in [0.2, 0.25) is 0 Å². The van der Waals surface area contributed by atoms with Crippen LogP contribution in [-0.4, -0.2) is 42.1 Å². The smallest absolute Gasteiger partial charge is 0.339 e. The van der Waals surface area contributed by atoms with Gasteiger partial charge in [-0.3, -0.25) is 14.8 Å². The van der Waals surface area contributed by atoms with Gasteiger partial charge in [0.05, 0.1) is 46.4 Å². The van der Waals surface area contributed by atoms with Crippen LogP contribution in [0.5, 0.6) is 5.75 Å². The van der Waals surface area contributed by atoms with Crippen LogP contribution in [0.3, 0.4) is 0 Å². The van der Waals surface area contributed by atoms with Crippen molar-refractivity contribution in [2.75, 3.05) is 28.8 Å². The Bertz CT molecular complexity index is 2620. The van der Waals surface area contributed by atoms with E-state index in [1.54, 1.807) is 61.5 Å². The SMILES string of the molecule is CCOc1ccc(Nc2ccc(N=Nc3c(N)c(C)cc(N=Nc4ccc(-c5ccc(N/N=C6/C=CC(=O)C(C(=O)O)=C6)cc5)cc4)c3N)cc2S(=O)(=O)O)cc1. The van der Waals surface area contributed by atoms with E-state index in [2.05, 4.69) is 36.3 Å². The van der Waals surface area contributed by atoms with E-state index in [4.69, 9.17) is 21.3 Å². The molecular weight excluding hydrogens is 751 g/mol. The van der Waals surface area contributed by atoms with Crippen molar-refractivity contribution < 1.29 is 32.4 Å². The fourth-order valence-electron chi connectivity index (χ4n) is 5.41. The van der Waals surface area contributed by atoms with Gasteiger partial charge < -0.3 is 26.6 Å². The van der Waals surface area contributed by atoms with Gasteiger partial charge in [0.25, 0.3) is 10.1 Å². The maximum Gasteiger partial charge on any atom is 0.339 e. The van der Waals surface area contributed by atoms with Gasteiger partial charge in [-0.2, -0.15) is 23.7 Å². The number of allylic oxidation sites excluding steroid dienone is 3. The first-order valence-electron chi connectivity index (χ1n) is 17.1. The summed E-state index contributed by atoms with van der Waals surface area (Å²) in [5, 5.41) is 33.4. The lowest BCUT2D eigenvalue weighted by atomic mass is 10.0. The molecule has 288 valence electrons. The van der Waals surface area contributed by atoms with Gasteiger partial charge in [-0.25, -0.2) is 4.79 Å². The van der Waals surface area contributed by atoms with Crippen molar-refractivity contribution in [1.29, 1.82) is 0 Å². The summed E-state index contributed by atoms with van der Waals surface area (Å²) in [6.45, 7) is 4.11. The molecule has 0 heterocycles. The second-order valence-corrected chi connectivity index (χ2v) is 13.7. The van der Waals surface area contributed by atoms with Crippen LogP contribution >= 0.6 is 0 Å². The quantitative estimate of drug-likeness (QED) is 0.0164. The predicted molar refractivity (Wildman–Crippen MR) is 218 cm³/mol. The number of ketones is 1. The first-order valence-corrected chi connectivity index (χ1v) is 18.6. The fraction of sp³-hybridized carbons (Fsp3) is 0.0750. The molecule has 16 nitrogen and oxygen atoms in total. The van der Waals surface area contributed by atoms with Gasteiger partial charge in [0.1, 0.15) is 27.6 Å². The summed E-state index contributed by atoms with van der Waals surface area (Å²) in [7, 11) is -4.67. The lowest BCUT2D eigenvalue weighted by Crippen LogP contribution is -2.15. The van der Waals surface area contributed by atoms with E-state index in [0.717, 1.165) is 17.2 Å². The zero-order valence-electron chi connectivity index (χ0n) is 30.4. The highest BCUT2D eigenvalue weighted by atomic mass is 32.2. The number of carboxylic acids is 1. The summed E-state index contributed by atoms with van der Waals surface area (Å²) in [6, 6.07) is 27.3. The molecule has 8 N–H and O–H groups in total. The van der Waals surface area contributed by atoms with Gasteiger partial charge in [-0.05, 0) is 122 Å². The van der Waals surface area contributed by atoms with Crippen LogP contribution < -0.4 is 26.9 Å². The lowest BCUT2D eigenvalue weighted by Gasteiger charge is -2.12. The predicted octanol–water partition coefficient (Wildman–Crippen LogP) is 8.96. The molecule has 0 aliphatic heterocycles. The van der Waals surface area contributed by atoms with Crippen LogP contribution in [0, 0.1) is 6.92 Å². The summed E-state index contributed by atoms with van der Waals surface area (Å²) < 4.78 is 40.1. The molecule has 0 fully saturated rings. The van der Waals surface area contributed by atoms with E-state index in [0.29, 0.717) is 40.7 Å². The summed E-state index contributed by atoms with van der Waals surface area (Å²) >= 11 is 0. The maximum absolute atomic E-state index is 12.3. The number of benzene rings is 5.